The summed E-state index contributed by atoms with van der Waals surface area (Å²) in [4.78, 5) is 37.1. The van der Waals surface area contributed by atoms with E-state index >= 15 is 0 Å². The van der Waals surface area contributed by atoms with Gasteiger partial charge in [0.1, 0.15) is 36.5 Å². The van der Waals surface area contributed by atoms with Crippen molar-refractivity contribution in [3.63, 3.8) is 0 Å². The minimum absolute atomic E-state index is 0.105. The molecule has 1 heterocycles. The topological polar surface area (TPSA) is 171 Å². The Morgan fingerprint density at radius 1 is 0.963 bits per heavy atom. The molecule has 0 saturated carbocycles. The summed E-state index contributed by atoms with van der Waals surface area (Å²) in [5.74, 6) is -2.89. The molecule has 0 spiro atoms. The molecule has 4 N–H and O–H groups in total. The van der Waals surface area contributed by atoms with Gasteiger partial charge in [0.15, 0.2) is 0 Å². The van der Waals surface area contributed by atoms with E-state index in [2.05, 4.69) is 20.7 Å². The molecular formula is C38H43F3N4O9. The zero-order valence-corrected chi connectivity index (χ0v) is 30.2. The molecule has 1 aliphatic rings. The molecule has 0 fully saturated rings. The summed E-state index contributed by atoms with van der Waals surface area (Å²) in [6.07, 6.45) is -5.46. The van der Waals surface area contributed by atoms with E-state index < -0.39 is 52.0 Å². The van der Waals surface area contributed by atoms with Crippen molar-refractivity contribution in [2.75, 3.05) is 45.3 Å². The number of hydrogen-bond donors (Lipinski definition) is 4. The zero-order chi connectivity index (χ0) is 39.4. The third-order valence-corrected chi connectivity index (χ3v) is 8.17. The van der Waals surface area contributed by atoms with Crippen LogP contribution in [0.15, 0.2) is 95.3 Å². The number of dihydropyridines is 1. The van der Waals surface area contributed by atoms with Gasteiger partial charge in [0.2, 0.25) is 0 Å². The Morgan fingerprint density at radius 3 is 2.35 bits per heavy atom. The number of nitrogens with one attached hydrogen (secondary N) is 3. The zero-order valence-electron chi connectivity index (χ0n) is 30.2. The van der Waals surface area contributed by atoms with Crippen LogP contribution < -0.4 is 25.4 Å². The van der Waals surface area contributed by atoms with Gasteiger partial charge in [-0.25, -0.2) is 9.59 Å². The van der Waals surface area contributed by atoms with Crippen LogP contribution in [0, 0.1) is 10.1 Å². The van der Waals surface area contributed by atoms with Crippen molar-refractivity contribution in [3.05, 3.63) is 117 Å². The maximum absolute atomic E-state index is 14.2. The van der Waals surface area contributed by atoms with Gasteiger partial charge in [0, 0.05) is 49.1 Å². The van der Waals surface area contributed by atoms with Crippen LogP contribution in [0.2, 0.25) is 0 Å². The lowest BCUT2D eigenvalue weighted by molar-refractivity contribution is -0.384. The first-order chi connectivity index (χ1) is 25.7. The van der Waals surface area contributed by atoms with Crippen LogP contribution in [-0.2, 0) is 25.5 Å². The lowest BCUT2D eigenvalue weighted by Crippen LogP contribution is -2.38. The van der Waals surface area contributed by atoms with Gasteiger partial charge in [-0.1, -0.05) is 38.1 Å². The predicted octanol–water partition coefficient (Wildman–Crippen LogP) is 5.56. The molecule has 2 atom stereocenters. The van der Waals surface area contributed by atoms with Gasteiger partial charge >= 0.3 is 18.1 Å². The number of nitro groups is 1. The number of halogens is 3. The minimum atomic E-state index is -5.06. The summed E-state index contributed by atoms with van der Waals surface area (Å²) in [7, 11) is 0.892. The number of anilines is 1. The molecule has 54 heavy (non-hydrogen) atoms. The first-order valence-electron chi connectivity index (χ1n) is 17.1. The molecule has 4 rings (SSSR count). The standard InChI is InChI=1S/C38H43F3N4O9/c1-23(2)43-21-29(46)22-54-30-13-11-27(12-14-30)42-16-18-52-31-10-5-7-25(19-31)15-17-53-37(48)32-24(3)44-35(38(39,40)41)34(36(47)51-4)33(32)26-8-6-9-28(20-26)45(49)50/h5-14,19-20,23,29,33,42-44,46H,15-18,21-22H2,1-4H3. The van der Waals surface area contributed by atoms with Crippen LogP contribution in [0.25, 0.3) is 0 Å². The Bertz CT molecular complexity index is 1850. The highest BCUT2D eigenvalue weighted by molar-refractivity contribution is 6.00. The number of aliphatic hydroxyl groups excluding tert-OH is 1. The molecular weight excluding hydrogens is 713 g/mol. The highest BCUT2D eigenvalue weighted by Crippen LogP contribution is 2.44. The first kappa shape index (κ1) is 41.2. The Labute approximate surface area is 310 Å². The van der Waals surface area contributed by atoms with Crippen LogP contribution in [-0.4, -0.2) is 80.3 Å². The van der Waals surface area contributed by atoms with E-state index in [1.54, 1.807) is 36.4 Å². The first-order valence-corrected chi connectivity index (χ1v) is 17.1. The van der Waals surface area contributed by atoms with Crippen LogP contribution in [0.1, 0.15) is 37.8 Å². The number of non-ortho nitro benzene ring substituents is 1. The van der Waals surface area contributed by atoms with E-state index in [9.17, 15) is 38.0 Å². The number of nitro benzene ring substituents is 1. The summed E-state index contributed by atoms with van der Waals surface area (Å²) in [5.41, 5.74) is -1.92. The van der Waals surface area contributed by atoms with Crippen molar-refractivity contribution >= 4 is 23.3 Å². The number of esters is 2. The quantitative estimate of drug-likeness (QED) is 0.0553. The van der Waals surface area contributed by atoms with Gasteiger partial charge < -0.3 is 40.0 Å². The molecule has 0 amide bonds. The SMILES string of the molecule is COC(=O)C1=C(C(F)(F)F)NC(C)=C(C(=O)OCCc2cccc(OCCNc3ccc(OCC(O)CNC(C)C)cc3)c2)C1c1cccc([N+](=O)[O-])c1. The number of benzene rings is 3. The van der Waals surface area contributed by atoms with Crippen molar-refractivity contribution in [1.82, 2.24) is 10.6 Å². The van der Waals surface area contributed by atoms with E-state index in [4.69, 9.17) is 14.2 Å². The molecule has 0 aliphatic carbocycles. The number of hydrogen-bond acceptors (Lipinski definition) is 12. The van der Waals surface area contributed by atoms with Gasteiger partial charge in [-0.3, -0.25) is 10.1 Å². The molecule has 0 bridgehead atoms. The van der Waals surface area contributed by atoms with Crippen molar-refractivity contribution < 1.29 is 51.7 Å². The third-order valence-electron chi connectivity index (χ3n) is 8.17. The van der Waals surface area contributed by atoms with Crippen LogP contribution in [0.5, 0.6) is 11.5 Å². The van der Waals surface area contributed by atoms with Crippen molar-refractivity contribution in [2.24, 2.45) is 0 Å². The lowest BCUT2D eigenvalue weighted by Gasteiger charge is -2.31. The van der Waals surface area contributed by atoms with E-state index in [1.165, 1.54) is 19.1 Å². The monoisotopic (exact) mass is 756 g/mol. The molecule has 290 valence electrons. The highest BCUT2D eigenvalue weighted by Gasteiger charge is 2.47. The van der Waals surface area contributed by atoms with E-state index in [0.717, 1.165) is 30.5 Å². The molecule has 0 saturated heterocycles. The Balaban J connectivity index is 1.35. The number of methoxy groups -OCH3 is 1. The van der Waals surface area contributed by atoms with Crippen molar-refractivity contribution in [1.29, 1.82) is 0 Å². The fourth-order valence-electron chi connectivity index (χ4n) is 5.59. The Morgan fingerprint density at radius 2 is 1.69 bits per heavy atom. The summed E-state index contributed by atoms with van der Waals surface area (Å²) in [5, 5.41) is 30.0. The number of allylic oxidation sites excluding steroid dienone is 2. The van der Waals surface area contributed by atoms with Gasteiger partial charge in [-0.05, 0) is 54.4 Å². The fraction of sp³-hybridized carbons (Fsp3) is 0.368. The number of rotatable bonds is 18. The van der Waals surface area contributed by atoms with Crippen LogP contribution in [0.4, 0.5) is 24.5 Å². The highest BCUT2D eigenvalue weighted by atomic mass is 19.4. The van der Waals surface area contributed by atoms with E-state index in [1.807, 2.05) is 26.0 Å². The number of aliphatic hydroxyl groups is 1. The summed E-state index contributed by atoms with van der Waals surface area (Å²) < 4.78 is 64.2. The van der Waals surface area contributed by atoms with Gasteiger partial charge in [-0.15, -0.1) is 0 Å². The van der Waals surface area contributed by atoms with Gasteiger partial charge in [0.05, 0.1) is 35.7 Å². The van der Waals surface area contributed by atoms with Gasteiger partial charge in [-0.2, -0.15) is 13.2 Å². The average Bonchev–Trinajstić information content (AvgIpc) is 3.14. The van der Waals surface area contributed by atoms with Crippen LogP contribution in [0.3, 0.4) is 0 Å². The van der Waals surface area contributed by atoms with Crippen molar-refractivity contribution in [2.45, 2.75) is 51.4 Å². The number of ether oxygens (including phenoxy) is 4. The molecule has 16 heteroatoms. The molecule has 3 aromatic carbocycles. The number of carbonyl (C=O) groups is 2. The average molecular weight is 757 g/mol. The Kier molecular flexibility index (Phi) is 14.4. The summed E-state index contributed by atoms with van der Waals surface area (Å²) in [6.45, 7) is 6.45. The second-order valence-electron chi connectivity index (χ2n) is 12.6. The van der Waals surface area contributed by atoms with Gasteiger partial charge in [0.25, 0.3) is 5.69 Å². The lowest BCUT2D eigenvalue weighted by atomic mass is 9.80. The maximum atomic E-state index is 14.2. The summed E-state index contributed by atoms with van der Waals surface area (Å²) in [6, 6.07) is 19.3. The second kappa shape index (κ2) is 18.9. The molecule has 1 aliphatic heterocycles. The fourth-order valence-corrected chi connectivity index (χ4v) is 5.59. The van der Waals surface area contributed by atoms with Crippen molar-refractivity contribution in [3.8, 4) is 11.5 Å². The molecule has 3 aromatic rings. The largest absolute Gasteiger partial charge is 0.492 e. The summed E-state index contributed by atoms with van der Waals surface area (Å²) >= 11 is 0. The Hall–Kier alpha value is -5.61. The second-order valence-corrected chi connectivity index (χ2v) is 12.6. The number of alkyl halides is 3. The minimum Gasteiger partial charge on any atom is -0.492 e. The smallest absolute Gasteiger partial charge is 0.431 e. The third kappa shape index (κ3) is 11.4. The van der Waals surface area contributed by atoms with E-state index in [0.29, 0.717) is 31.2 Å². The molecule has 0 aromatic heterocycles. The number of carbonyl (C=O) groups excluding carboxylic acids is 2. The molecule has 0 radical (unpaired) electrons. The predicted molar refractivity (Wildman–Crippen MR) is 193 cm³/mol. The number of nitrogens with zero attached hydrogens (tertiary/aromatic N) is 1. The molecule has 2 unspecified atom stereocenters. The van der Waals surface area contributed by atoms with E-state index in [-0.39, 0.29) is 42.5 Å². The van der Waals surface area contributed by atoms with Crippen LogP contribution >= 0.6 is 0 Å². The normalized spacial score (nSPS) is 15.0. The molecule has 13 nitrogen and oxygen atoms in total. The maximum Gasteiger partial charge on any atom is 0.431 e.